The SMILES string of the molecule is COc1cc(/C=C2\C(C)=C(CC(=O)N(CC(=O)O)Cc3ccccc3)c3cc(F)ccc32)cc(OC)c1OC. The van der Waals surface area contributed by atoms with Crippen LogP contribution in [-0.2, 0) is 16.1 Å². The van der Waals surface area contributed by atoms with Gasteiger partial charge in [0.1, 0.15) is 12.4 Å². The fourth-order valence-electron chi connectivity index (χ4n) is 4.80. The van der Waals surface area contributed by atoms with Crippen molar-refractivity contribution in [1.29, 1.82) is 0 Å². The van der Waals surface area contributed by atoms with Gasteiger partial charge in [-0.3, -0.25) is 9.59 Å². The van der Waals surface area contributed by atoms with Crippen molar-refractivity contribution in [2.24, 2.45) is 0 Å². The topological polar surface area (TPSA) is 85.3 Å². The molecule has 1 N–H and O–H groups in total. The normalized spacial score (nSPS) is 13.3. The molecule has 0 spiro atoms. The Morgan fingerprint density at radius 3 is 2.18 bits per heavy atom. The molecule has 1 aliphatic carbocycles. The van der Waals surface area contributed by atoms with Gasteiger partial charge in [0.2, 0.25) is 11.7 Å². The molecule has 0 fully saturated rings. The maximum absolute atomic E-state index is 14.4. The van der Waals surface area contributed by atoms with Crippen LogP contribution in [0.1, 0.15) is 35.6 Å². The second-order valence-electron chi connectivity index (χ2n) is 9.12. The van der Waals surface area contributed by atoms with Gasteiger partial charge >= 0.3 is 5.97 Å². The molecular formula is C31H30FNO6. The van der Waals surface area contributed by atoms with Crippen LogP contribution in [0.3, 0.4) is 0 Å². The molecule has 1 aliphatic rings. The van der Waals surface area contributed by atoms with Crippen LogP contribution in [0.25, 0.3) is 17.2 Å². The number of methoxy groups -OCH3 is 3. The Morgan fingerprint density at radius 2 is 1.59 bits per heavy atom. The molecule has 0 aromatic heterocycles. The van der Waals surface area contributed by atoms with E-state index >= 15 is 0 Å². The Kier molecular flexibility index (Phi) is 8.34. The van der Waals surface area contributed by atoms with Gasteiger partial charge in [-0.15, -0.1) is 0 Å². The number of carbonyl (C=O) groups is 2. The lowest BCUT2D eigenvalue weighted by Gasteiger charge is -2.21. The average Bonchev–Trinajstić information content (AvgIpc) is 3.17. The number of fused-ring (bicyclic) bond motifs is 1. The number of benzene rings is 3. The van der Waals surface area contributed by atoms with Gasteiger partial charge in [0.05, 0.1) is 27.8 Å². The second-order valence-corrected chi connectivity index (χ2v) is 9.12. The van der Waals surface area contributed by atoms with Crippen LogP contribution < -0.4 is 14.2 Å². The molecule has 39 heavy (non-hydrogen) atoms. The van der Waals surface area contributed by atoms with Crippen molar-refractivity contribution in [1.82, 2.24) is 4.90 Å². The van der Waals surface area contributed by atoms with E-state index in [2.05, 4.69) is 0 Å². The summed E-state index contributed by atoms with van der Waals surface area (Å²) >= 11 is 0. The van der Waals surface area contributed by atoms with Gasteiger partial charge in [0, 0.05) is 6.54 Å². The van der Waals surface area contributed by atoms with E-state index < -0.39 is 18.3 Å². The number of aliphatic carboxylic acids is 1. The Bertz CT molecular complexity index is 1440. The number of amides is 1. The second kappa shape index (κ2) is 11.9. The standard InChI is InChI=1S/C31H30FNO6/c1-19-24(12-21-13-27(37-2)31(39-4)28(14-21)38-3)23-11-10-22(32)15-26(23)25(19)16-29(34)33(18-30(35)36)17-20-8-6-5-7-9-20/h5-15H,16-18H2,1-4H3,(H,35,36)/b24-12+. The number of carboxylic acid groups (broad SMARTS) is 1. The van der Waals surface area contributed by atoms with E-state index in [1.54, 1.807) is 6.07 Å². The molecule has 0 aliphatic heterocycles. The molecule has 3 aromatic rings. The third-order valence-electron chi connectivity index (χ3n) is 6.67. The minimum absolute atomic E-state index is 0.0744. The highest BCUT2D eigenvalue weighted by atomic mass is 19.1. The number of carbonyl (C=O) groups excluding carboxylic acids is 1. The zero-order chi connectivity index (χ0) is 28.1. The molecule has 0 saturated carbocycles. The van der Waals surface area contributed by atoms with Gasteiger partial charge in [-0.05, 0) is 76.2 Å². The molecule has 0 bridgehead atoms. The average molecular weight is 532 g/mol. The van der Waals surface area contributed by atoms with E-state index in [0.29, 0.717) is 28.4 Å². The number of hydrogen-bond donors (Lipinski definition) is 1. The van der Waals surface area contributed by atoms with Crippen molar-refractivity contribution >= 4 is 29.1 Å². The van der Waals surface area contributed by atoms with Crippen LogP contribution in [0.5, 0.6) is 17.2 Å². The Balaban J connectivity index is 1.75. The molecule has 8 heteroatoms. The van der Waals surface area contributed by atoms with Crippen molar-refractivity contribution in [3.8, 4) is 17.2 Å². The summed E-state index contributed by atoms with van der Waals surface area (Å²) in [6.07, 6.45) is 1.85. The first-order chi connectivity index (χ1) is 18.7. The van der Waals surface area contributed by atoms with Gasteiger partial charge in [-0.2, -0.15) is 0 Å². The fourth-order valence-corrected chi connectivity index (χ4v) is 4.80. The molecule has 0 radical (unpaired) electrons. The Hall–Kier alpha value is -4.59. The van der Waals surface area contributed by atoms with Crippen molar-refractivity contribution in [2.75, 3.05) is 27.9 Å². The number of halogens is 1. The summed E-state index contributed by atoms with van der Waals surface area (Å²) in [5.74, 6) is -0.448. The highest BCUT2D eigenvalue weighted by molar-refractivity contribution is 6.08. The van der Waals surface area contributed by atoms with Gasteiger partial charge in [-0.1, -0.05) is 36.4 Å². The lowest BCUT2D eigenvalue weighted by molar-refractivity contribution is -0.144. The number of rotatable bonds is 10. The molecule has 202 valence electrons. The third-order valence-corrected chi connectivity index (χ3v) is 6.67. The van der Waals surface area contributed by atoms with Crippen LogP contribution >= 0.6 is 0 Å². The Labute approximate surface area is 226 Å². The number of hydrogen-bond acceptors (Lipinski definition) is 5. The van der Waals surface area contributed by atoms with E-state index in [1.165, 1.54) is 38.4 Å². The molecule has 0 atom stereocenters. The highest BCUT2D eigenvalue weighted by Crippen LogP contribution is 2.45. The smallest absolute Gasteiger partial charge is 0.323 e. The first kappa shape index (κ1) is 27.4. The van der Waals surface area contributed by atoms with Crippen LogP contribution in [-0.4, -0.2) is 49.8 Å². The van der Waals surface area contributed by atoms with Crippen molar-refractivity contribution in [2.45, 2.75) is 19.9 Å². The molecule has 0 saturated heterocycles. The zero-order valence-corrected chi connectivity index (χ0v) is 22.3. The molecule has 0 unspecified atom stereocenters. The first-order valence-corrected chi connectivity index (χ1v) is 12.3. The lowest BCUT2D eigenvalue weighted by Crippen LogP contribution is -2.35. The number of nitrogens with zero attached hydrogens (tertiary/aromatic N) is 1. The molecule has 1 amide bonds. The summed E-state index contributed by atoms with van der Waals surface area (Å²) in [5, 5.41) is 9.45. The van der Waals surface area contributed by atoms with Gasteiger partial charge in [0.15, 0.2) is 11.5 Å². The van der Waals surface area contributed by atoms with Crippen LogP contribution in [0, 0.1) is 5.82 Å². The number of carboxylic acids is 1. The highest BCUT2D eigenvalue weighted by Gasteiger charge is 2.28. The summed E-state index contributed by atoms with van der Waals surface area (Å²) in [6, 6.07) is 17.3. The maximum atomic E-state index is 14.4. The monoisotopic (exact) mass is 531 g/mol. The lowest BCUT2D eigenvalue weighted by atomic mass is 10.00. The van der Waals surface area contributed by atoms with E-state index in [-0.39, 0.29) is 18.9 Å². The van der Waals surface area contributed by atoms with Gasteiger partial charge in [0.25, 0.3) is 0 Å². The van der Waals surface area contributed by atoms with E-state index in [4.69, 9.17) is 14.2 Å². The fraction of sp³-hybridized carbons (Fsp3) is 0.226. The largest absolute Gasteiger partial charge is 0.493 e. The van der Waals surface area contributed by atoms with E-state index in [9.17, 15) is 19.1 Å². The predicted molar refractivity (Wildman–Crippen MR) is 147 cm³/mol. The summed E-state index contributed by atoms with van der Waals surface area (Å²) < 4.78 is 30.8. The quantitative estimate of drug-likeness (QED) is 0.362. The summed E-state index contributed by atoms with van der Waals surface area (Å²) in [5.41, 5.74) is 5.23. The summed E-state index contributed by atoms with van der Waals surface area (Å²) in [4.78, 5) is 26.3. The van der Waals surface area contributed by atoms with E-state index in [0.717, 1.165) is 27.8 Å². The molecule has 7 nitrogen and oxygen atoms in total. The van der Waals surface area contributed by atoms with Crippen LogP contribution in [0.15, 0.2) is 66.2 Å². The van der Waals surface area contributed by atoms with Crippen LogP contribution in [0.4, 0.5) is 4.39 Å². The number of ether oxygens (including phenoxy) is 3. The number of allylic oxidation sites excluding steroid dienone is 2. The minimum atomic E-state index is -1.11. The Morgan fingerprint density at radius 1 is 0.923 bits per heavy atom. The minimum Gasteiger partial charge on any atom is -0.493 e. The maximum Gasteiger partial charge on any atom is 0.323 e. The van der Waals surface area contributed by atoms with Crippen molar-refractivity contribution in [3.63, 3.8) is 0 Å². The third kappa shape index (κ3) is 5.95. The predicted octanol–water partition coefficient (Wildman–Crippen LogP) is 5.68. The van der Waals surface area contributed by atoms with Gasteiger partial charge in [-0.25, -0.2) is 4.39 Å². The zero-order valence-electron chi connectivity index (χ0n) is 22.3. The van der Waals surface area contributed by atoms with Crippen molar-refractivity contribution in [3.05, 3.63) is 94.3 Å². The van der Waals surface area contributed by atoms with E-state index in [1.807, 2.05) is 55.5 Å². The summed E-state index contributed by atoms with van der Waals surface area (Å²) in [7, 11) is 4.60. The molecular weight excluding hydrogens is 501 g/mol. The molecule has 3 aromatic carbocycles. The first-order valence-electron chi connectivity index (χ1n) is 12.3. The molecule has 0 heterocycles. The van der Waals surface area contributed by atoms with Crippen molar-refractivity contribution < 1.29 is 33.3 Å². The van der Waals surface area contributed by atoms with Gasteiger partial charge < -0.3 is 24.2 Å². The van der Waals surface area contributed by atoms with Crippen LogP contribution in [0.2, 0.25) is 0 Å². The summed E-state index contributed by atoms with van der Waals surface area (Å²) in [6.45, 7) is 1.59. The molecule has 4 rings (SSSR count).